The van der Waals surface area contributed by atoms with Gasteiger partial charge in [-0.3, -0.25) is 4.79 Å². The minimum Gasteiger partial charge on any atom is -0.462 e. The highest BCUT2D eigenvalue weighted by Crippen LogP contribution is 2.67. The Morgan fingerprint density at radius 2 is 1.90 bits per heavy atom. The van der Waals surface area contributed by atoms with Crippen LogP contribution in [0, 0.1) is 40.4 Å². The minimum absolute atomic E-state index is 0.114. The molecule has 0 aliphatic heterocycles. The van der Waals surface area contributed by atoms with Gasteiger partial charge in [-0.05, 0) is 85.4 Å². The van der Waals surface area contributed by atoms with E-state index >= 15 is 0 Å². The van der Waals surface area contributed by atoms with Crippen molar-refractivity contribution in [2.75, 3.05) is 0 Å². The second-order valence-electron chi connectivity index (χ2n) is 12.3. The molecule has 0 aromatic carbocycles. The largest absolute Gasteiger partial charge is 0.462 e. The molecule has 4 aliphatic carbocycles. The highest BCUT2D eigenvalue weighted by molar-refractivity contribution is 5.66. The summed E-state index contributed by atoms with van der Waals surface area (Å²) in [5, 5.41) is 0. The number of hydrogen-bond acceptors (Lipinski definition) is 2. The Kier molecular flexibility index (Phi) is 6.95. The van der Waals surface area contributed by atoms with Gasteiger partial charge >= 0.3 is 5.97 Å². The molecule has 0 aromatic rings. The molecule has 0 aromatic heterocycles. The molecule has 3 fully saturated rings. The number of fused-ring (bicyclic) bond motifs is 5. The van der Waals surface area contributed by atoms with E-state index in [0.717, 1.165) is 42.4 Å². The van der Waals surface area contributed by atoms with E-state index < -0.39 is 0 Å². The van der Waals surface area contributed by atoms with Crippen LogP contribution >= 0.6 is 0 Å². The Labute approximate surface area is 192 Å². The summed E-state index contributed by atoms with van der Waals surface area (Å²) < 4.78 is 5.61. The predicted molar refractivity (Wildman–Crippen MR) is 129 cm³/mol. The lowest BCUT2D eigenvalue weighted by Gasteiger charge is -2.58. The zero-order valence-electron chi connectivity index (χ0n) is 21.1. The van der Waals surface area contributed by atoms with E-state index in [1.54, 1.807) is 12.5 Å². The number of carbonyl (C=O) groups is 1. The minimum atomic E-state index is -0.114. The molecule has 31 heavy (non-hydrogen) atoms. The van der Waals surface area contributed by atoms with Gasteiger partial charge in [0, 0.05) is 13.3 Å². The third-order valence-electron chi connectivity index (χ3n) is 10.7. The number of esters is 1. The van der Waals surface area contributed by atoms with Crippen molar-refractivity contribution in [2.24, 2.45) is 40.4 Å². The molecule has 2 nitrogen and oxygen atoms in total. The van der Waals surface area contributed by atoms with Gasteiger partial charge in [0.1, 0.15) is 6.10 Å². The Hall–Kier alpha value is -0.790. The second kappa shape index (κ2) is 9.22. The summed E-state index contributed by atoms with van der Waals surface area (Å²) in [5.41, 5.74) is 2.54. The highest BCUT2D eigenvalue weighted by atomic mass is 16.5. The van der Waals surface area contributed by atoms with Crippen LogP contribution in [0.4, 0.5) is 0 Å². The van der Waals surface area contributed by atoms with E-state index in [9.17, 15) is 4.79 Å². The number of rotatable bonds is 7. The highest BCUT2D eigenvalue weighted by Gasteiger charge is 2.59. The Balaban J connectivity index is 1.45. The fraction of sp³-hybridized carbons (Fsp3) is 0.897. The van der Waals surface area contributed by atoms with Crippen molar-refractivity contribution < 1.29 is 9.53 Å². The maximum Gasteiger partial charge on any atom is 0.302 e. The maximum atomic E-state index is 11.5. The smallest absolute Gasteiger partial charge is 0.302 e. The van der Waals surface area contributed by atoms with Crippen molar-refractivity contribution in [2.45, 2.75) is 124 Å². The molecule has 0 N–H and O–H groups in total. The van der Waals surface area contributed by atoms with Crippen molar-refractivity contribution in [3.63, 3.8) is 0 Å². The first-order valence-corrected chi connectivity index (χ1v) is 13.7. The van der Waals surface area contributed by atoms with E-state index in [2.05, 4.69) is 33.8 Å². The fourth-order valence-electron chi connectivity index (χ4n) is 9.03. The van der Waals surface area contributed by atoms with Gasteiger partial charge in [0.05, 0.1) is 0 Å². The lowest BCUT2D eigenvalue weighted by atomic mass is 9.47. The summed E-state index contributed by atoms with van der Waals surface area (Å²) in [4.78, 5) is 11.5. The van der Waals surface area contributed by atoms with E-state index in [1.807, 2.05) is 0 Å². The van der Waals surface area contributed by atoms with Crippen LogP contribution < -0.4 is 0 Å². The van der Waals surface area contributed by atoms with Gasteiger partial charge in [-0.25, -0.2) is 0 Å². The average molecular weight is 429 g/mol. The summed E-state index contributed by atoms with van der Waals surface area (Å²) >= 11 is 0. The lowest BCUT2D eigenvalue weighted by molar-refractivity contribution is -0.148. The number of allylic oxidation sites excluding steroid dienone is 1. The molecule has 0 saturated heterocycles. The molecule has 8 unspecified atom stereocenters. The molecule has 0 spiro atoms. The first-order chi connectivity index (χ1) is 14.8. The van der Waals surface area contributed by atoms with Crippen LogP contribution in [0.3, 0.4) is 0 Å². The third kappa shape index (κ3) is 4.26. The molecule has 176 valence electrons. The van der Waals surface area contributed by atoms with Gasteiger partial charge in [0.2, 0.25) is 0 Å². The molecule has 0 bridgehead atoms. The van der Waals surface area contributed by atoms with Crippen LogP contribution in [0.1, 0.15) is 118 Å². The predicted octanol–water partition coefficient (Wildman–Crippen LogP) is 8.10. The van der Waals surface area contributed by atoms with Gasteiger partial charge in [0.15, 0.2) is 0 Å². The summed E-state index contributed by atoms with van der Waals surface area (Å²) in [5.74, 6) is 4.38. The molecular weight excluding hydrogens is 380 g/mol. The van der Waals surface area contributed by atoms with Gasteiger partial charge in [-0.15, -0.1) is 0 Å². The summed E-state index contributed by atoms with van der Waals surface area (Å²) in [6, 6.07) is 0. The molecule has 4 rings (SSSR count). The first-order valence-electron chi connectivity index (χ1n) is 13.7. The lowest BCUT2D eigenvalue weighted by Crippen LogP contribution is -2.51. The summed E-state index contributed by atoms with van der Waals surface area (Å²) in [6.07, 6.45) is 20.1. The van der Waals surface area contributed by atoms with Crippen LogP contribution in [0.15, 0.2) is 11.6 Å². The zero-order valence-corrected chi connectivity index (χ0v) is 21.1. The first kappa shape index (κ1) is 23.4. The number of carbonyl (C=O) groups excluding carboxylic acids is 1. The molecule has 0 heterocycles. The number of unbranched alkanes of at least 4 members (excludes halogenated alkanes) is 3. The Bertz CT molecular complexity index is 680. The van der Waals surface area contributed by atoms with Crippen LogP contribution in [-0.2, 0) is 9.53 Å². The van der Waals surface area contributed by atoms with Gasteiger partial charge < -0.3 is 4.74 Å². The van der Waals surface area contributed by atoms with Crippen LogP contribution in [0.2, 0.25) is 0 Å². The summed E-state index contributed by atoms with van der Waals surface area (Å²) in [6.45, 7) is 11.7. The van der Waals surface area contributed by atoms with Gasteiger partial charge in [0.25, 0.3) is 0 Å². The average Bonchev–Trinajstić information content (AvgIpc) is 3.08. The van der Waals surface area contributed by atoms with Gasteiger partial charge in [-0.2, -0.15) is 0 Å². The van der Waals surface area contributed by atoms with Crippen LogP contribution in [0.5, 0.6) is 0 Å². The van der Waals surface area contributed by atoms with E-state index in [1.165, 1.54) is 70.6 Å². The van der Waals surface area contributed by atoms with Crippen LogP contribution in [0.25, 0.3) is 0 Å². The fourth-order valence-corrected chi connectivity index (χ4v) is 9.03. The van der Waals surface area contributed by atoms with E-state index in [-0.39, 0.29) is 12.1 Å². The number of hydrogen-bond donors (Lipinski definition) is 0. The molecule has 0 amide bonds. The molecule has 2 heteroatoms. The quantitative estimate of drug-likeness (QED) is 0.232. The van der Waals surface area contributed by atoms with E-state index in [0.29, 0.717) is 10.8 Å². The maximum absolute atomic E-state index is 11.5. The SMILES string of the molecule is CCCCCCC(C)C1CCC2C3CC=C4CC(OC(C)=O)CCC4(C)C3CCC12C. The molecule has 4 aliphatic rings. The van der Waals surface area contributed by atoms with Crippen molar-refractivity contribution in [3.8, 4) is 0 Å². The van der Waals surface area contributed by atoms with Crippen LogP contribution in [-0.4, -0.2) is 12.1 Å². The number of ether oxygens (including phenoxy) is 1. The zero-order chi connectivity index (χ0) is 22.2. The van der Waals surface area contributed by atoms with Gasteiger partial charge in [-0.1, -0.05) is 71.4 Å². The standard InChI is InChI=1S/C29H48O2/c1-6-7-8-9-10-20(2)25-13-14-26-24-12-11-22-19-23(31-21(3)30)15-17-28(22,4)27(24)16-18-29(25,26)5/h11,20,23-27H,6-10,12-19H2,1-5H3. The van der Waals surface area contributed by atoms with Crippen molar-refractivity contribution in [1.29, 1.82) is 0 Å². The van der Waals surface area contributed by atoms with Crippen molar-refractivity contribution >= 4 is 5.97 Å². The summed E-state index contributed by atoms with van der Waals surface area (Å²) in [7, 11) is 0. The van der Waals surface area contributed by atoms with Crippen molar-refractivity contribution in [3.05, 3.63) is 11.6 Å². The normalized spacial score (nSPS) is 42.7. The monoisotopic (exact) mass is 428 g/mol. The third-order valence-corrected chi connectivity index (χ3v) is 10.7. The van der Waals surface area contributed by atoms with Crippen molar-refractivity contribution in [1.82, 2.24) is 0 Å². The van der Waals surface area contributed by atoms with E-state index in [4.69, 9.17) is 4.74 Å². The molecular formula is C29H48O2. The molecule has 0 radical (unpaired) electrons. The Morgan fingerprint density at radius 1 is 1.10 bits per heavy atom. The molecule has 3 saturated carbocycles. The molecule has 8 atom stereocenters. The Morgan fingerprint density at radius 3 is 2.65 bits per heavy atom. The second-order valence-corrected chi connectivity index (χ2v) is 12.3. The topological polar surface area (TPSA) is 26.3 Å².